The fourth-order valence-electron chi connectivity index (χ4n) is 2.86. The lowest BCUT2D eigenvalue weighted by molar-refractivity contribution is -0.131. The van der Waals surface area contributed by atoms with E-state index in [1.54, 1.807) is 40.1 Å². The smallest absolute Gasteiger partial charge is 0.340 e. The third-order valence-corrected chi connectivity index (χ3v) is 6.42. The van der Waals surface area contributed by atoms with E-state index >= 15 is 0 Å². The fraction of sp³-hybridized carbons (Fsp3) is 0.333. The molecule has 0 aliphatic rings. The molecular weight excluding hydrogens is 392 g/mol. The maximum atomic E-state index is 13.2. The van der Waals surface area contributed by atoms with Gasteiger partial charge in [-0.15, -0.1) is 0 Å². The largest absolute Gasteiger partial charge is 0.452 e. The van der Waals surface area contributed by atoms with Crippen LogP contribution in [0.25, 0.3) is 0 Å². The summed E-state index contributed by atoms with van der Waals surface area (Å²) in [6.07, 6.45) is 0. The highest BCUT2D eigenvalue weighted by Crippen LogP contribution is 2.29. The van der Waals surface area contributed by atoms with E-state index in [1.165, 1.54) is 17.0 Å². The molecule has 0 fully saturated rings. The quantitative estimate of drug-likeness (QED) is 0.728. The molecule has 2 aromatic rings. The molecule has 0 aromatic heterocycles. The van der Waals surface area contributed by atoms with Crippen LogP contribution in [0.4, 0.5) is 5.69 Å². The van der Waals surface area contributed by atoms with Gasteiger partial charge in [0.15, 0.2) is 6.61 Å². The van der Waals surface area contributed by atoms with E-state index in [0.717, 1.165) is 11.1 Å². The second-order valence-electron chi connectivity index (χ2n) is 7.10. The number of nitrogens with one attached hydrogen (secondary N) is 1. The summed E-state index contributed by atoms with van der Waals surface area (Å²) < 4.78 is 33.8. The van der Waals surface area contributed by atoms with Crippen molar-refractivity contribution >= 4 is 27.6 Å². The Hall–Kier alpha value is -2.87. The normalized spacial score (nSPS) is 11.1. The number of anilines is 1. The number of sulfonamides is 1. The molecule has 0 unspecified atom stereocenters. The Morgan fingerprint density at radius 2 is 1.55 bits per heavy atom. The number of aryl methyl sites for hydroxylation is 2. The number of amides is 1. The highest BCUT2D eigenvalue weighted by molar-refractivity contribution is 7.92. The van der Waals surface area contributed by atoms with Gasteiger partial charge in [0.25, 0.3) is 15.9 Å². The maximum absolute atomic E-state index is 13.2. The second-order valence-corrected chi connectivity index (χ2v) is 8.72. The number of ether oxygens (including phenoxy) is 1. The van der Waals surface area contributed by atoms with Gasteiger partial charge in [-0.1, -0.05) is 18.2 Å². The van der Waals surface area contributed by atoms with Gasteiger partial charge in [-0.25, -0.2) is 13.2 Å². The summed E-state index contributed by atoms with van der Waals surface area (Å²) in [5.41, 5.74) is 3.15. The van der Waals surface area contributed by atoms with Gasteiger partial charge in [0, 0.05) is 14.1 Å². The molecule has 0 aliphatic carbocycles. The van der Waals surface area contributed by atoms with Crippen molar-refractivity contribution in [3.8, 4) is 0 Å². The van der Waals surface area contributed by atoms with E-state index in [2.05, 4.69) is 4.72 Å². The van der Waals surface area contributed by atoms with Crippen molar-refractivity contribution in [1.82, 2.24) is 4.90 Å². The monoisotopic (exact) mass is 418 g/mol. The Morgan fingerprint density at radius 1 is 1.00 bits per heavy atom. The summed E-state index contributed by atoms with van der Waals surface area (Å²) in [6, 6.07) is 8.07. The zero-order valence-corrected chi connectivity index (χ0v) is 18.3. The first-order valence-electron chi connectivity index (χ1n) is 9.02. The molecule has 8 heteroatoms. The van der Waals surface area contributed by atoms with Gasteiger partial charge in [-0.05, 0) is 62.1 Å². The number of nitrogens with zero attached hydrogens (tertiary/aromatic N) is 1. The molecular formula is C21H26N2O5S. The van der Waals surface area contributed by atoms with Crippen molar-refractivity contribution in [1.29, 1.82) is 0 Å². The molecule has 1 N–H and O–H groups in total. The number of para-hydroxylation sites is 1. The number of likely N-dealkylation sites (N-methyl/N-ethyl adjacent to an activating group) is 1. The summed E-state index contributed by atoms with van der Waals surface area (Å²) >= 11 is 0. The predicted octanol–water partition coefficient (Wildman–Crippen LogP) is 2.97. The second kappa shape index (κ2) is 8.65. The average molecular weight is 419 g/mol. The van der Waals surface area contributed by atoms with E-state index < -0.39 is 22.6 Å². The van der Waals surface area contributed by atoms with Crippen LogP contribution < -0.4 is 4.72 Å². The minimum Gasteiger partial charge on any atom is -0.452 e. The molecule has 0 spiro atoms. The van der Waals surface area contributed by atoms with E-state index in [-0.39, 0.29) is 22.1 Å². The molecule has 0 radical (unpaired) electrons. The number of hydrogen-bond acceptors (Lipinski definition) is 5. The van der Waals surface area contributed by atoms with E-state index in [1.807, 2.05) is 19.9 Å². The molecule has 0 saturated heterocycles. The number of carbonyl (C=O) groups is 2. The molecule has 0 aliphatic heterocycles. The summed E-state index contributed by atoms with van der Waals surface area (Å²) in [5.74, 6) is -1.16. The molecule has 2 rings (SSSR count). The molecule has 156 valence electrons. The van der Waals surface area contributed by atoms with Crippen LogP contribution in [0.15, 0.2) is 35.2 Å². The van der Waals surface area contributed by atoms with Gasteiger partial charge in [0.1, 0.15) is 0 Å². The molecule has 0 bridgehead atoms. The zero-order valence-electron chi connectivity index (χ0n) is 17.5. The van der Waals surface area contributed by atoms with Gasteiger partial charge in [-0.3, -0.25) is 9.52 Å². The third-order valence-electron chi connectivity index (χ3n) is 4.78. The van der Waals surface area contributed by atoms with Gasteiger partial charge >= 0.3 is 5.97 Å². The fourth-order valence-corrected chi connectivity index (χ4v) is 4.56. The molecule has 29 heavy (non-hydrogen) atoms. The van der Waals surface area contributed by atoms with Gasteiger partial charge in [0.2, 0.25) is 0 Å². The highest BCUT2D eigenvalue weighted by atomic mass is 32.2. The van der Waals surface area contributed by atoms with E-state index in [9.17, 15) is 18.0 Å². The van der Waals surface area contributed by atoms with Crippen LogP contribution in [-0.2, 0) is 19.6 Å². The number of esters is 1. The van der Waals surface area contributed by atoms with E-state index in [4.69, 9.17) is 4.74 Å². The van der Waals surface area contributed by atoms with Crippen molar-refractivity contribution in [2.24, 2.45) is 0 Å². The van der Waals surface area contributed by atoms with Crippen molar-refractivity contribution < 1.29 is 22.7 Å². The lowest BCUT2D eigenvalue weighted by atomic mass is 10.0. The third kappa shape index (κ3) is 4.95. The summed E-state index contributed by atoms with van der Waals surface area (Å²) in [7, 11) is -0.857. The van der Waals surface area contributed by atoms with Gasteiger partial charge in [0.05, 0.1) is 16.1 Å². The van der Waals surface area contributed by atoms with Crippen LogP contribution in [0.3, 0.4) is 0 Å². The van der Waals surface area contributed by atoms with Crippen molar-refractivity contribution in [3.05, 3.63) is 58.1 Å². The number of carbonyl (C=O) groups excluding carboxylic acids is 2. The Bertz CT molecular complexity index is 1030. The van der Waals surface area contributed by atoms with Crippen LogP contribution in [0.2, 0.25) is 0 Å². The molecule has 2 aromatic carbocycles. The van der Waals surface area contributed by atoms with Crippen LogP contribution in [-0.4, -0.2) is 45.9 Å². The highest BCUT2D eigenvalue weighted by Gasteiger charge is 2.24. The number of benzene rings is 2. The number of rotatable bonds is 6. The molecule has 7 nitrogen and oxygen atoms in total. The first-order valence-corrected chi connectivity index (χ1v) is 10.5. The topological polar surface area (TPSA) is 92.8 Å². The Labute approximate surface area is 171 Å². The van der Waals surface area contributed by atoms with Crippen LogP contribution >= 0.6 is 0 Å². The minimum atomic E-state index is -3.95. The molecule has 0 saturated carbocycles. The first-order chi connectivity index (χ1) is 13.5. The molecule has 1 amide bonds. The van der Waals surface area contributed by atoms with Crippen LogP contribution in [0.5, 0.6) is 0 Å². The minimum absolute atomic E-state index is 0.0299. The van der Waals surface area contributed by atoms with Crippen LogP contribution in [0.1, 0.15) is 32.6 Å². The number of hydrogen-bond donors (Lipinski definition) is 1. The summed E-state index contributed by atoms with van der Waals surface area (Å²) in [6.45, 7) is 6.79. The van der Waals surface area contributed by atoms with E-state index in [0.29, 0.717) is 11.1 Å². The average Bonchev–Trinajstić information content (AvgIpc) is 2.64. The Morgan fingerprint density at radius 3 is 2.10 bits per heavy atom. The van der Waals surface area contributed by atoms with Crippen molar-refractivity contribution in [2.75, 3.05) is 25.4 Å². The maximum Gasteiger partial charge on any atom is 0.340 e. The lowest BCUT2D eigenvalue weighted by Gasteiger charge is -2.18. The summed E-state index contributed by atoms with van der Waals surface area (Å²) in [5, 5.41) is 0. The van der Waals surface area contributed by atoms with Crippen molar-refractivity contribution in [3.63, 3.8) is 0 Å². The van der Waals surface area contributed by atoms with Crippen LogP contribution in [0, 0.1) is 27.7 Å². The molecule has 0 atom stereocenters. The Balaban J connectivity index is 2.39. The SMILES string of the molecule is Cc1cc(C)c(C)c(S(=O)(=O)Nc2ccccc2C(=O)OCC(=O)N(C)C)c1C. The van der Waals surface area contributed by atoms with Gasteiger partial charge < -0.3 is 9.64 Å². The summed E-state index contributed by atoms with van der Waals surface area (Å²) in [4.78, 5) is 25.6. The lowest BCUT2D eigenvalue weighted by Crippen LogP contribution is -2.28. The standard InChI is InChI=1S/C21H26N2O5S/c1-13-11-14(2)16(4)20(15(13)3)29(26,27)22-18-10-8-7-9-17(18)21(25)28-12-19(24)23(5)6/h7-11,22H,12H2,1-6H3. The first kappa shape index (κ1) is 22.4. The van der Waals surface area contributed by atoms with Crippen molar-refractivity contribution in [2.45, 2.75) is 32.6 Å². The zero-order chi connectivity index (χ0) is 21.9. The molecule has 0 heterocycles. The Kier molecular flexibility index (Phi) is 6.69. The van der Waals surface area contributed by atoms with Gasteiger partial charge in [-0.2, -0.15) is 0 Å². The predicted molar refractivity (Wildman–Crippen MR) is 112 cm³/mol.